The molecule has 0 saturated carbocycles. The molecule has 1 atom stereocenters. The molecule has 2 aromatic rings. The van der Waals surface area contributed by atoms with Gasteiger partial charge in [-0.2, -0.15) is 0 Å². The lowest BCUT2D eigenvalue weighted by atomic mass is 10.1. The summed E-state index contributed by atoms with van der Waals surface area (Å²) in [5.41, 5.74) is 8.26. The van der Waals surface area contributed by atoms with Gasteiger partial charge in [0.25, 0.3) is 0 Å². The molecule has 0 fully saturated rings. The van der Waals surface area contributed by atoms with Crippen LogP contribution in [0.2, 0.25) is 0 Å². The van der Waals surface area contributed by atoms with Crippen LogP contribution in [-0.2, 0) is 0 Å². The van der Waals surface area contributed by atoms with Crippen molar-refractivity contribution >= 4 is 0 Å². The summed E-state index contributed by atoms with van der Waals surface area (Å²) in [6, 6.07) is 16.1. The highest BCUT2D eigenvalue weighted by molar-refractivity contribution is 5.38. The Kier molecular flexibility index (Phi) is 4.00. The normalized spacial score (nSPS) is 12.2. The number of rotatable bonds is 4. The molecular formula is C16H19NO. The molecule has 2 N–H and O–H groups in total. The summed E-state index contributed by atoms with van der Waals surface area (Å²) < 4.78 is 5.84. The first-order valence-electron chi connectivity index (χ1n) is 6.29. The summed E-state index contributed by atoms with van der Waals surface area (Å²) in [6.07, 6.45) is 0.942. The third kappa shape index (κ3) is 2.90. The van der Waals surface area contributed by atoms with Gasteiger partial charge in [0.05, 0.1) is 0 Å². The average molecular weight is 241 g/mol. The Morgan fingerprint density at radius 2 is 1.72 bits per heavy atom. The van der Waals surface area contributed by atoms with Gasteiger partial charge in [0.15, 0.2) is 0 Å². The van der Waals surface area contributed by atoms with Crippen LogP contribution >= 0.6 is 0 Å². The lowest BCUT2D eigenvalue weighted by molar-refractivity contribution is 0.478. The van der Waals surface area contributed by atoms with Gasteiger partial charge in [-0.25, -0.2) is 0 Å². The van der Waals surface area contributed by atoms with E-state index in [4.69, 9.17) is 10.5 Å². The van der Waals surface area contributed by atoms with E-state index in [-0.39, 0.29) is 6.04 Å². The van der Waals surface area contributed by atoms with Gasteiger partial charge in [-0.05, 0) is 42.7 Å². The number of para-hydroxylation sites is 1. The molecule has 2 rings (SSSR count). The van der Waals surface area contributed by atoms with Crippen LogP contribution in [0.1, 0.15) is 30.5 Å². The standard InChI is InChI=1S/C16H19NO/c1-3-15(17)13-8-10-14(11-9-13)18-16-7-5-4-6-12(16)2/h4-11,15H,3,17H2,1-2H3/t15-/m0/s1. The maximum atomic E-state index is 5.98. The number of hydrogen-bond acceptors (Lipinski definition) is 2. The van der Waals surface area contributed by atoms with Crippen LogP contribution in [0.3, 0.4) is 0 Å². The van der Waals surface area contributed by atoms with Gasteiger partial charge < -0.3 is 10.5 Å². The van der Waals surface area contributed by atoms with Crippen molar-refractivity contribution in [1.82, 2.24) is 0 Å². The first-order valence-corrected chi connectivity index (χ1v) is 6.29. The molecule has 0 spiro atoms. The van der Waals surface area contributed by atoms with E-state index in [0.29, 0.717) is 0 Å². The molecule has 0 bridgehead atoms. The van der Waals surface area contributed by atoms with Gasteiger partial charge in [0.1, 0.15) is 11.5 Å². The summed E-state index contributed by atoms with van der Waals surface area (Å²) in [4.78, 5) is 0. The number of nitrogens with two attached hydrogens (primary N) is 1. The zero-order valence-corrected chi connectivity index (χ0v) is 10.9. The first kappa shape index (κ1) is 12.7. The molecule has 0 amide bonds. The van der Waals surface area contributed by atoms with E-state index in [1.54, 1.807) is 0 Å². The number of benzene rings is 2. The fourth-order valence-electron chi connectivity index (χ4n) is 1.82. The number of aryl methyl sites for hydroxylation is 1. The van der Waals surface area contributed by atoms with Crippen LogP contribution in [0.5, 0.6) is 11.5 Å². The second-order valence-electron chi connectivity index (χ2n) is 4.45. The highest BCUT2D eigenvalue weighted by Gasteiger charge is 2.04. The number of hydrogen-bond donors (Lipinski definition) is 1. The molecule has 0 unspecified atom stereocenters. The van der Waals surface area contributed by atoms with Crippen molar-refractivity contribution in [1.29, 1.82) is 0 Å². The van der Waals surface area contributed by atoms with Crippen LogP contribution in [-0.4, -0.2) is 0 Å². The minimum Gasteiger partial charge on any atom is -0.457 e. The molecule has 18 heavy (non-hydrogen) atoms. The second kappa shape index (κ2) is 5.69. The van der Waals surface area contributed by atoms with E-state index >= 15 is 0 Å². The first-order chi connectivity index (χ1) is 8.70. The van der Waals surface area contributed by atoms with Crippen LogP contribution in [0.4, 0.5) is 0 Å². The van der Waals surface area contributed by atoms with E-state index in [1.807, 2.05) is 55.5 Å². The minimum atomic E-state index is 0.109. The molecule has 0 aliphatic heterocycles. The maximum absolute atomic E-state index is 5.98. The average Bonchev–Trinajstić information content (AvgIpc) is 2.41. The fraction of sp³-hybridized carbons (Fsp3) is 0.250. The van der Waals surface area contributed by atoms with Crippen molar-refractivity contribution in [2.45, 2.75) is 26.3 Å². The lowest BCUT2D eigenvalue weighted by Crippen LogP contribution is -2.08. The van der Waals surface area contributed by atoms with E-state index in [1.165, 1.54) is 0 Å². The van der Waals surface area contributed by atoms with E-state index in [9.17, 15) is 0 Å². The molecule has 94 valence electrons. The number of ether oxygens (including phenoxy) is 1. The van der Waals surface area contributed by atoms with E-state index in [0.717, 1.165) is 29.0 Å². The lowest BCUT2D eigenvalue weighted by Gasteiger charge is -2.11. The van der Waals surface area contributed by atoms with E-state index in [2.05, 4.69) is 6.92 Å². The van der Waals surface area contributed by atoms with Crippen LogP contribution in [0, 0.1) is 6.92 Å². The van der Waals surface area contributed by atoms with Crippen LogP contribution in [0.15, 0.2) is 48.5 Å². The molecule has 0 radical (unpaired) electrons. The SMILES string of the molecule is CC[C@H](N)c1ccc(Oc2ccccc2C)cc1. The maximum Gasteiger partial charge on any atom is 0.130 e. The molecular weight excluding hydrogens is 222 g/mol. The van der Waals surface area contributed by atoms with Gasteiger partial charge in [-0.15, -0.1) is 0 Å². The summed E-state index contributed by atoms with van der Waals surface area (Å²) >= 11 is 0. The summed E-state index contributed by atoms with van der Waals surface area (Å²) in [5, 5.41) is 0. The summed E-state index contributed by atoms with van der Waals surface area (Å²) in [7, 11) is 0. The van der Waals surface area contributed by atoms with Gasteiger partial charge in [0, 0.05) is 6.04 Å². The third-order valence-corrected chi connectivity index (χ3v) is 3.07. The predicted molar refractivity (Wildman–Crippen MR) is 74.9 cm³/mol. The minimum absolute atomic E-state index is 0.109. The summed E-state index contributed by atoms with van der Waals surface area (Å²) in [5.74, 6) is 1.74. The van der Waals surface area contributed by atoms with Gasteiger partial charge in [-0.3, -0.25) is 0 Å². The quantitative estimate of drug-likeness (QED) is 0.870. The molecule has 2 aromatic carbocycles. The Hall–Kier alpha value is -1.80. The molecule has 0 aliphatic rings. The van der Waals surface area contributed by atoms with Gasteiger partial charge in [-0.1, -0.05) is 37.3 Å². The van der Waals surface area contributed by atoms with Crippen molar-refractivity contribution in [2.75, 3.05) is 0 Å². The molecule has 0 aliphatic carbocycles. The highest BCUT2D eigenvalue weighted by atomic mass is 16.5. The fourth-order valence-corrected chi connectivity index (χ4v) is 1.82. The molecule has 2 heteroatoms. The Morgan fingerprint density at radius 3 is 2.33 bits per heavy atom. The predicted octanol–water partition coefficient (Wildman–Crippen LogP) is 4.20. The second-order valence-corrected chi connectivity index (χ2v) is 4.45. The highest BCUT2D eigenvalue weighted by Crippen LogP contribution is 2.25. The Balaban J connectivity index is 2.14. The Bertz CT molecular complexity index is 505. The van der Waals surface area contributed by atoms with Crippen LogP contribution < -0.4 is 10.5 Å². The largest absolute Gasteiger partial charge is 0.457 e. The van der Waals surface area contributed by atoms with Crippen molar-refractivity contribution in [2.24, 2.45) is 5.73 Å². The molecule has 0 heterocycles. The Labute approximate surface area is 108 Å². The molecule has 0 saturated heterocycles. The van der Waals surface area contributed by atoms with Crippen molar-refractivity contribution in [3.63, 3.8) is 0 Å². The van der Waals surface area contributed by atoms with Crippen molar-refractivity contribution in [3.8, 4) is 11.5 Å². The van der Waals surface area contributed by atoms with Crippen molar-refractivity contribution < 1.29 is 4.74 Å². The topological polar surface area (TPSA) is 35.2 Å². The molecule has 2 nitrogen and oxygen atoms in total. The Morgan fingerprint density at radius 1 is 1.06 bits per heavy atom. The zero-order valence-electron chi connectivity index (χ0n) is 10.9. The van der Waals surface area contributed by atoms with Gasteiger partial charge in [0.2, 0.25) is 0 Å². The van der Waals surface area contributed by atoms with Gasteiger partial charge >= 0.3 is 0 Å². The monoisotopic (exact) mass is 241 g/mol. The third-order valence-electron chi connectivity index (χ3n) is 3.07. The van der Waals surface area contributed by atoms with Crippen molar-refractivity contribution in [3.05, 3.63) is 59.7 Å². The zero-order chi connectivity index (χ0) is 13.0. The van der Waals surface area contributed by atoms with E-state index < -0.39 is 0 Å². The molecule has 0 aromatic heterocycles. The summed E-state index contributed by atoms with van der Waals surface area (Å²) in [6.45, 7) is 4.12. The van der Waals surface area contributed by atoms with Crippen LogP contribution in [0.25, 0.3) is 0 Å². The smallest absolute Gasteiger partial charge is 0.130 e.